The van der Waals surface area contributed by atoms with Gasteiger partial charge in [-0.2, -0.15) is 0 Å². The highest BCUT2D eigenvalue weighted by Gasteiger charge is 2.52. The molecule has 9 aromatic rings. The molecule has 0 spiro atoms. The van der Waals surface area contributed by atoms with Crippen molar-refractivity contribution in [2.75, 3.05) is 13.1 Å². The second-order valence-corrected chi connectivity index (χ2v) is 43.0. The van der Waals surface area contributed by atoms with E-state index in [9.17, 15) is 19.2 Å². The molecule has 6 aromatic heterocycles. The van der Waals surface area contributed by atoms with Crippen LogP contribution >= 0.6 is 68.0 Å². The van der Waals surface area contributed by atoms with E-state index < -0.39 is 16.1 Å². The predicted molar refractivity (Wildman–Crippen MR) is 421 cm³/mol. The van der Waals surface area contributed by atoms with Crippen LogP contribution in [0.4, 0.5) is 0 Å². The normalized spacial score (nSPS) is 17.3. The zero-order chi connectivity index (χ0) is 67.3. The number of unbranched alkanes of at least 4 members (excludes halogenated alkanes) is 9. The van der Waals surface area contributed by atoms with Crippen LogP contribution in [0.3, 0.4) is 0 Å². The van der Waals surface area contributed by atoms with Gasteiger partial charge in [-0.25, -0.2) is 0 Å². The molecule has 0 saturated carbocycles. The van der Waals surface area contributed by atoms with Crippen LogP contribution in [0.2, 0.25) is 18.1 Å². The minimum atomic E-state index is -2.32. The predicted octanol–water partition coefficient (Wildman–Crippen LogP) is 21.3. The highest BCUT2D eigenvalue weighted by molar-refractivity contribution is 7.34. The van der Waals surface area contributed by atoms with Crippen LogP contribution in [0.5, 0.6) is 0 Å². The van der Waals surface area contributed by atoms with Gasteiger partial charge in [0.05, 0.1) is 32.0 Å². The molecule has 10 heterocycles. The molecule has 4 amide bonds. The summed E-state index contributed by atoms with van der Waals surface area (Å²) in [4.78, 5) is 73.5. The average molecular weight is 1420 g/mol. The zero-order valence-electron chi connectivity index (χ0n) is 58.3. The van der Waals surface area contributed by atoms with Crippen molar-refractivity contribution in [3.8, 4) is 39.0 Å². The van der Waals surface area contributed by atoms with Crippen molar-refractivity contribution in [2.24, 2.45) is 11.8 Å². The SMILES string of the molecule is CCCCC(CC)C[Si]1(c2ccccc2)c2cc(C)sc2-c2sc(-c3sc(C)c4c3C(=O)N(CCCCc3ccccc3)C4=O)cc21.CCCCCCCC[Si]1(CC(CC)CCCC)c2cc(C)sc2-c2sc(-c3sc(C)c4c3C(=O)N(CCCCc3ccccc3)C4=O)cc21. The number of nitrogens with zero attached hydrogens (tertiary/aromatic N) is 2. The first kappa shape index (κ1) is 70.4. The van der Waals surface area contributed by atoms with Gasteiger partial charge in [-0.3, -0.25) is 29.0 Å². The lowest BCUT2D eigenvalue weighted by molar-refractivity contribution is 0.0636. The zero-order valence-corrected chi connectivity index (χ0v) is 65.2. The molecule has 0 saturated heterocycles. The molecular formula is C82H98N2O4S6Si2. The Morgan fingerprint density at radius 2 is 0.792 bits per heavy atom. The van der Waals surface area contributed by atoms with E-state index in [0.717, 1.165) is 68.8 Å². The Bertz CT molecular complexity index is 4210. The molecule has 4 atom stereocenters. The minimum absolute atomic E-state index is 0.0820. The number of hydrogen-bond donors (Lipinski definition) is 0. The molecule has 6 nitrogen and oxygen atoms in total. The maximum atomic E-state index is 14.0. The molecule has 3 aromatic carbocycles. The Labute approximate surface area is 598 Å². The molecular weight excluding hydrogens is 1330 g/mol. The quantitative estimate of drug-likeness (QED) is 0.0239. The van der Waals surface area contributed by atoms with E-state index >= 15 is 0 Å². The fourth-order valence-corrected chi connectivity index (χ4v) is 38.1. The number of imide groups is 2. The summed E-state index contributed by atoms with van der Waals surface area (Å²) in [7, 11) is -4.34. The van der Waals surface area contributed by atoms with E-state index in [1.807, 2.05) is 71.3 Å². The van der Waals surface area contributed by atoms with E-state index in [1.165, 1.54) is 173 Å². The Morgan fingerprint density at radius 1 is 0.385 bits per heavy atom. The number of carbonyl (C=O) groups excluding carboxylic acids is 4. The first-order chi connectivity index (χ1) is 46.7. The fourth-order valence-electron chi connectivity index (χ4n) is 16.3. The summed E-state index contributed by atoms with van der Waals surface area (Å²) in [6.07, 6.45) is 23.6. The monoisotopic (exact) mass is 1420 g/mol. The van der Waals surface area contributed by atoms with E-state index in [2.05, 4.69) is 152 Å². The number of amides is 4. The number of carbonyl (C=O) groups is 4. The number of thiophene rings is 6. The second-order valence-electron chi connectivity index (χ2n) is 27.9. The van der Waals surface area contributed by atoms with E-state index in [4.69, 9.17) is 0 Å². The standard InChI is InChI=1S/C42H55NO2S3Si.C40H43NO2S3Si/c1-6-9-11-12-13-19-25-49(28-31(8-3)20-10-7-2)34-26-29(4)46-39(34)40-35(49)27-33(48-40)38-37-36(30(5)47-38)41(44)43(42(37)45)24-18-17-23-32-21-15-14-16-22-32;1-5-7-16-28(6-2)25-47(30-20-12-9-13-21-30)32-23-26(3)44-37(32)38-33(47)24-31(46-38)36-35-34(27(4)45-36)39(42)41(40(35)43)22-15-14-19-29-17-10-8-11-18-29/h14-16,21-22,26-27,31H,6-13,17-20,23-25,28H2,1-5H3;8-13,17-18,20-21,23-24,28H,5-7,14-16,19,22,25H2,1-4H3. The summed E-state index contributed by atoms with van der Waals surface area (Å²) in [5.41, 5.74) is 5.22. The number of hydrogen-bond acceptors (Lipinski definition) is 10. The minimum Gasteiger partial charge on any atom is -0.274 e. The largest absolute Gasteiger partial charge is 0.274 e. The highest BCUT2D eigenvalue weighted by Crippen LogP contribution is 2.52. The van der Waals surface area contributed by atoms with Crippen LogP contribution in [0.15, 0.2) is 115 Å². The Hall–Kier alpha value is -5.43. The van der Waals surface area contributed by atoms with Gasteiger partial charge in [0.15, 0.2) is 8.07 Å². The van der Waals surface area contributed by atoms with Gasteiger partial charge in [-0.1, -0.05) is 216 Å². The summed E-state index contributed by atoms with van der Waals surface area (Å²) in [5, 5.41) is 7.97. The molecule has 14 heteroatoms. The van der Waals surface area contributed by atoms with Crippen molar-refractivity contribution in [2.45, 2.75) is 209 Å². The molecule has 96 heavy (non-hydrogen) atoms. The number of benzene rings is 3. The molecule has 4 aliphatic rings. The molecule has 0 bridgehead atoms. The Balaban J connectivity index is 0.000000184. The van der Waals surface area contributed by atoms with Crippen LogP contribution in [0, 0.1) is 39.5 Å². The summed E-state index contributed by atoms with van der Waals surface area (Å²) in [6, 6.07) is 46.2. The Morgan fingerprint density at radius 3 is 1.30 bits per heavy atom. The maximum absolute atomic E-state index is 14.0. The van der Waals surface area contributed by atoms with Crippen molar-refractivity contribution in [1.29, 1.82) is 0 Å². The van der Waals surface area contributed by atoms with Gasteiger partial charge in [0, 0.05) is 61.9 Å². The third kappa shape index (κ3) is 13.8. The highest BCUT2D eigenvalue weighted by atomic mass is 32.1. The molecule has 0 N–H and O–H groups in total. The van der Waals surface area contributed by atoms with E-state index in [-0.39, 0.29) is 23.6 Å². The van der Waals surface area contributed by atoms with Crippen LogP contribution in [-0.2, 0) is 12.8 Å². The van der Waals surface area contributed by atoms with Gasteiger partial charge >= 0.3 is 0 Å². The molecule has 504 valence electrons. The van der Waals surface area contributed by atoms with Crippen LogP contribution in [0.25, 0.3) is 39.0 Å². The third-order valence-electron chi connectivity index (χ3n) is 21.4. The number of aryl methyl sites for hydroxylation is 6. The lowest BCUT2D eigenvalue weighted by Gasteiger charge is -2.33. The summed E-state index contributed by atoms with van der Waals surface area (Å²) in [6.45, 7) is 21.3. The van der Waals surface area contributed by atoms with Gasteiger partial charge < -0.3 is 0 Å². The third-order valence-corrected chi connectivity index (χ3v) is 39.9. The molecule has 0 radical (unpaired) electrons. The first-order valence-electron chi connectivity index (χ1n) is 36.3. The number of rotatable bonds is 32. The maximum Gasteiger partial charge on any atom is 0.263 e. The second kappa shape index (κ2) is 31.4. The van der Waals surface area contributed by atoms with Gasteiger partial charge in [-0.15, -0.1) is 68.0 Å². The van der Waals surface area contributed by atoms with Gasteiger partial charge in [0.1, 0.15) is 8.07 Å². The molecule has 13 rings (SSSR count). The number of fused-ring (bicyclic) bond motifs is 8. The van der Waals surface area contributed by atoms with Crippen molar-refractivity contribution in [1.82, 2.24) is 9.80 Å². The molecule has 4 aliphatic heterocycles. The first-order valence-corrected chi connectivity index (χ1v) is 45.9. The molecule has 4 unspecified atom stereocenters. The van der Waals surface area contributed by atoms with Gasteiger partial charge in [0.25, 0.3) is 23.6 Å². The van der Waals surface area contributed by atoms with Crippen molar-refractivity contribution in [3.05, 3.63) is 168 Å². The topological polar surface area (TPSA) is 74.8 Å². The Kier molecular flexibility index (Phi) is 23.0. The van der Waals surface area contributed by atoms with E-state index in [0.29, 0.717) is 41.3 Å². The summed E-state index contributed by atoms with van der Waals surface area (Å²) < 4.78 is 0. The van der Waals surface area contributed by atoms with Crippen molar-refractivity contribution < 1.29 is 19.2 Å². The lowest BCUT2D eigenvalue weighted by atomic mass is 10.0. The molecule has 0 fully saturated rings. The average Bonchev–Trinajstić information content (AvgIpc) is 1.56. The van der Waals surface area contributed by atoms with Gasteiger partial charge in [0.2, 0.25) is 0 Å². The van der Waals surface area contributed by atoms with E-state index in [1.54, 1.807) is 38.2 Å². The van der Waals surface area contributed by atoms with Crippen LogP contribution in [-0.4, -0.2) is 62.7 Å². The smallest absolute Gasteiger partial charge is 0.263 e. The van der Waals surface area contributed by atoms with Crippen molar-refractivity contribution >= 4 is 134 Å². The molecule has 0 aliphatic carbocycles. The summed E-state index contributed by atoms with van der Waals surface area (Å²) >= 11 is 11.0. The van der Waals surface area contributed by atoms with Crippen LogP contribution < -0.4 is 25.9 Å². The lowest BCUT2D eigenvalue weighted by Crippen LogP contribution is -2.65. The van der Waals surface area contributed by atoms with Crippen LogP contribution in [0.1, 0.15) is 222 Å². The fraction of sp³-hybridized carbons (Fsp3) is 0.439. The van der Waals surface area contributed by atoms with Crippen molar-refractivity contribution in [3.63, 3.8) is 0 Å². The van der Waals surface area contributed by atoms with Gasteiger partial charge in [-0.05, 0) is 158 Å². The summed E-state index contributed by atoms with van der Waals surface area (Å²) in [5.74, 6) is 1.04.